The number of fused-ring (bicyclic) bond motifs is 3. The minimum absolute atomic E-state index is 0.0334. The van der Waals surface area contributed by atoms with E-state index in [4.69, 9.17) is 4.74 Å². The zero-order valence-corrected chi connectivity index (χ0v) is 23.2. The summed E-state index contributed by atoms with van der Waals surface area (Å²) in [5.41, 5.74) is 4.87. The van der Waals surface area contributed by atoms with Crippen molar-refractivity contribution in [3.05, 3.63) is 59.7 Å². The van der Waals surface area contributed by atoms with E-state index in [2.05, 4.69) is 54.5 Å². The summed E-state index contributed by atoms with van der Waals surface area (Å²) in [6, 6.07) is 16.7. The first-order chi connectivity index (χ1) is 18.1. The van der Waals surface area contributed by atoms with Gasteiger partial charge in [0, 0.05) is 19.0 Å². The van der Waals surface area contributed by atoms with E-state index in [1.807, 2.05) is 24.3 Å². The fraction of sp³-hybridized carbons (Fsp3) is 0.548. The molecule has 1 atom stereocenters. The molecule has 2 N–H and O–H groups in total. The molecule has 202 valence electrons. The lowest BCUT2D eigenvalue weighted by molar-refractivity contribution is -0.120. The van der Waals surface area contributed by atoms with Crippen LogP contribution in [0.15, 0.2) is 48.5 Å². The SMILES string of the molecule is CCCCCCCCCC(S)C(=O)NCCCCCNC(=O)OCC1c2ccccc2-c2ccccc21. The predicted molar refractivity (Wildman–Crippen MR) is 155 cm³/mol. The van der Waals surface area contributed by atoms with Crippen LogP contribution >= 0.6 is 12.6 Å². The third-order valence-corrected chi connectivity index (χ3v) is 7.64. The Morgan fingerprint density at radius 3 is 1.97 bits per heavy atom. The minimum Gasteiger partial charge on any atom is -0.449 e. The van der Waals surface area contributed by atoms with Gasteiger partial charge in [-0.2, -0.15) is 12.6 Å². The maximum atomic E-state index is 12.3. The highest BCUT2D eigenvalue weighted by molar-refractivity contribution is 7.81. The van der Waals surface area contributed by atoms with Crippen LogP contribution in [0.25, 0.3) is 11.1 Å². The van der Waals surface area contributed by atoms with Crippen molar-refractivity contribution < 1.29 is 14.3 Å². The summed E-state index contributed by atoms with van der Waals surface area (Å²) in [7, 11) is 0. The third kappa shape index (κ3) is 9.41. The highest BCUT2D eigenvalue weighted by Crippen LogP contribution is 2.44. The van der Waals surface area contributed by atoms with Gasteiger partial charge in [-0.15, -0.1) is 0 Å². The van der Waals surface area contributed by atoms with Crippen molar-refractivity contribution >= 4 is 24.6 Å². The van der Waals surface area contributed by atoms with Crippen molar-refractivity contribution in [2.24, 2.45) is 0 Å². The number of thiol groups is 1. The molecule has 1 aliphatic carbocycles. The highest BCUT2D eigenvalue weighted by atomic mass is 32.1. The molecule has 37 heavy (non-hydrogen) atoms. The molecular weight excluding hydrogens is 480 g/mol. The molecule has 2 aromatic rings. The Bertz CT molecular complexity index is 935. The maximum Gasteiger partial charge on any atom is 0.407 e. The van der Waals surface area contributed by atoms with Crippen LogP contribution in [0, 0.1) is 0 Å². The second-order valence-electron chi connectivity index (χ2n) is 10.0. The van der Waals surface area contributed by atoms with Gasteiger partial charge in [0.05, 0.1) is 5.25 Å². The molecule has 6 heteroatoms. The first kappa shape index (κ1) is 29.1. The van der Waals surface area contributed by atoms with Crippen molar-refractivity contribution in [1.29, 1.82) is 0 Å². The van der Waals surface area contributed by atoms with Crippen LogP contribution in [0.3, 0.4) is 0 Å². The Labute approximate surface area is 228 Å². The fourth-order valence-electron chi connectivity index (χ4n) is 5.02. The van der Waals surface area contributed by atoms with Crippen molar-refractivity contribution in [3.8, 4) is 11.1 Å². The second kappa shape index (κ2) is 16.4. The van der Waals surface area contributed by atoms with E-state index < -0.39 is 0 Å². The second-order valence-corrected chi connectivity index (χ2v) is 10.7. The van der Waals surface area contributed by atoms with Crippen LogP contribution in [-0.4, -0.2) is 36.9 Å². The zero-order valence-electron chi connectivity index (χ0n) is 22.3. The van der Waals surface area contributed by atoms with Gasteiger partial charge in [0.15, 0.2) is 0 Å². The molecule has 0 saturated heterocycles. The van der Waals surface area contributed by atoms with Gasteiger partial charge in [0.25, 0.3) is 0 Å². The smallest absolute Gasteiger partial charge is 0.407 e. The first-order valence-corrected chi connectivity index (χ1v) is 14.7. The van der Waals surface area contributed by atoms with E-state index in [1.165, 1.54) is 60.8 Å². The fourth-order valence-corrected chi connectivity index (χ4v) is 5.30. The van der Waals surface area contributed by atoms with Crippen LogP contribution in [0.1, 0.15) is 94.6 Å². The van der Waals surface area contributed by atoms with Gasteiger partial charge >= 0.3 is 6.09 Å². The Morgan fingerprint density at radius 1 is 0.784 bits per heavy atom. The van der Waals surface area contributed by atoms with Crippen LogP contribution in [0.5, 0.6) is 0 Å². The third-order valence-electron chi connectivity index (χ3n) is 7.15. The van der Waals surface area contributed by atoms with Gasteiger partial charge in [0.2, 0.25) is 5.91 Å². The number of unbranched alkanes of at least 4 members (excludes halogenated alkanes) is 8. The van der Waals surface area contributed by atoms with Crippen molar-refractivity contribution in [2.45, 2.75) is 88.7 Å². The summed E-state index contributed by atoms with van der Waals surface area (Å²) >= 11 is 4.47. The quantitative estimate of drug-likeness (QED) is 0.151. The molecule has 2 amide bonds. The molecule has 0 radical (unpaired) electrons. The van der Waals surface area contributed by atoms with E-state index in [0.717, 1.165) is 32.1 Å². The number of hydrogen-bond donors (Lipinski definition) is 3. The average Bonchev–Trinajstić information content (AvgIpc) is 3.24. The molecule has 3 rings (SSSR count). The van der Waals surface area contributed by atoms with E-state index in [1.54, 1.807) is 0 Å². The zero-order chi connectivity index (χ0) is 26.3. The van der Waals surface area contributed by atoms with Crippen LogP contribution < -0.4 is 10.6 Å². The number of alkyl carbamates (subject to hydrolysis) is 1. The van der Waals surface area contributed by atoms with Gasteiger partial charge in [-0.3, -0.25) is 4.79 Å². The molecule has 0 saturated carbocycles. The van der Waals surface area contributed by atoms with Crippen LogP contribution in [0.2, 0.25) is 0 Å². The molecule has 0 heterocycles. The van der Waals surface area contributed by atoms with Crippen LogP contribution in [0.4, 0.5) is 4.79 Å². The standard InChI is InChI=1S/C31H44N2O3S/c1-2-3-4-5-6-7-9-20-29(37)30(34)32-21-14-8-15-22-33-31(35)36-23-28-26-18-12-10-16-24(26)25-17-11-13-19-27(25)28/h10-13,16-19,28-29,37H,2-9,14-15,20-23H2,1H3,(H,32,34)(H,33,35). The van der Waals surface area contributed by atoms with Crippen molar-refractivity contribution in [2.75, 3.05) is 19.7 Å². The Hall–Kier alpha value is -2.47. The Kier molecular flexibility index (Phi) is 12.9. The van der Waals surface area contributed by atoms with Gasteiger partial charge in [-0.05, 0) is 47.9 Å². The number of hydrogen-bond acceptors (Lipinski definition) is 4. The number of ether oxygens (including phenoxy) is 1. The summed E-state index contributed by atoms with van der Waals surface area (Å²) in [4.78, 5) is 24.5. The van der Waals surface area contributed by atoms with Crippen LogP contribution in [-0.2, 0) is 9.53 Å². The van der Waals surface area contributed by atoms with Gasteiger partial charge in [-0.1, -0.05) is 100 Å². The largest absolute Gasteiger partial charge is 0.449 e. The maximum absolute atomic E-state index is 12.3. The van der Waals surface area contributed by atoms with Gasteiger partial charge < -0.3 is 15.4 Å². The number of carbonyl (C=O) groups is 2. The molecule has 5 nitrogen and oxygen atoms in total. The molecular formula is C31H44N2O3S. The van der Waals surface area contributed by atoms with E-state index in [0.29, 0.717) is 19.7 Å². The van der Waals surface area contributed by atoms with Crippen molar-refractivity contribution in [1.82, 2.24) is 10.6 Å². The molecule has 1 unspecified atom stereocenters. The summed E-state index contributed by atoms with van der Waals surface area (Å²) in [6.45, 7) is 3.78. The number of amides is 2. The summed E-state index contributed by atoms with van der Waals surface area (Å²) < 4.78 is 5.57. The molecule has 0 aromatic heterocycles. The molecule has 0 bridgehead atoms. The summed E-state index contributed by atoms with van der Waals surface area (Å²) in [6.07, 6.45) is 11.8. The monoisotopic (exact) mass is 524 g/mol. The molecule has 0 fully saturated rings. The predicted octanol–water partition coefficient (Wildman–Crippen LogP) is 7.25. The van der Waals surface area contributed by atoms with Gasteiger partial charge in [-0.25, -0.2) is 4.79 Å². The van der Waals surface area contributed by atoms with E-state index in [-0.39, 0.29) is 23.2 Å². The lowest BCUT2D eigenvalue weighted by Crippen LogP contribution is -2.32. The molecule has 0 aliphatic heterocycles. The summed E-state index contributed by atoms with van der Waals surface area (Å²) in [5.74, 6) is 0.106. The Morgan fingerprint density at radius 2 is 1.32 bits per heavy atom. The minimum atomic E-state index is -0.376. The Balaban J connectivity index is 1.21. The molecule has 2 aromatic carbocycles. The lowest BCUT2D eigenvalue weighted by Gasteiger charge is -2.14. The average molecular weight is 525 g/mol. The number of carbonyl (C=O) groups excluding carboxylic acids is 2. The highest BCUT2D eigenvalue weighted by Gasteiger charge is 2.28. The topological polar surface area (TPSA) is 67.4 Å². The number of benzene rings is 2. The van der Waals surface area contributed by atoms with Gasteiger partial charge in [0.1, 0.15) is 6.61 Å². The normalized spacial score (nSPS) is 13.0. The van der Waals surface area contributed by atoms with Crippen molar-refractivity contribution in [3.63, 3.8) is 0 Å². The molecule has 0 spiro atoms. The number of rotatable bonds is 17. The molecule has 1 aliphatic rings. The summed E-state index contributed by atoms with van der Waals surface area (Å²) in [5, 5.41) is 5.63. The van der Waals surface area contributed by atoms with E-state index >= 15 is 0 Å². The first-order valence-electron chi connectivity index (χ1n) is 14.2. The van der Waals surface area contributed by atoms with E-state index in [9.17, 15) is 9.59 Å². The number of nitrogens with one attached hydrogen (secondary N) is 2. The lowest BCUT2D eigenvalue weighted by atomic mass is 9.98.